The number of ketones is 1. The normalized spacial score (nSPS) is 51.1. The standard InChI is InChI=1S/C22H31N3O2/c1-12(11-24-25-23)14-4-5-15-18-16(7-9-21(14,15)2)22(3)8-6-13(26)10-17(22)19-20(18)27-19/h10,12,14-16,18-20H,4-9,11H2,1-3H3/t12-,14-,15?,16?,18?,19+,20-,21-,22-/m1/s1. The third kappa shape index (κ3) is 2.34. The Morgan fingerprint density at radius 2 is 2.11 bits per heavy atom. The summed E-state index contributed by atoms with van der Waals surface area (Å²) >= 11 is 0. The Morgan fingerprint density at radius 3 is 2.89 bits per heavy atom. The average molecular weight is 370 g/mol. The molecule has 0 N–H and O–H groups in total. The fourth-order valence-electron chi connectivity index (χ4n) is 8.08. The molecule has 4 aliphatic carbocycles. The zero-order valence-corrected chi connectivity index (χ0v) is 16.7. The van der Waals surface area contributed by atoms with Gasteiger partial charge in [-0.3, -0.25) is 4.79 Å². The maximum absolute atomic E-state index is 12.1. The lowest BCUT2D eigenvalue weighted by atomic mass is 9.46. The van der Waals surface area contributed by atoms with E-state index in [1.807, 2.05) is 6.08 Å². The molecule has 1 saturated heterocycles. The molecule has 0 aromatic heterocycles. The Bertz CT molecular complexity index is 757. The molecule has 27 heavy (non-hydrogen) atoms. The highest BCUT2D eigenvalue weighted by Crippen LogP contribution is 2.70. The number of fused-ring (bicyclic) bond motifs is 8. The molecule has 5 nitrogen and oxygen atoms in total. The van der Waals surface area contributed by atoms with E-state index in [1.165, 1.54) is 31.3 Å². The van der Waals surface area contributed by atoms with Crippen LogP contribution in [0.5, 0.6) is 0 Å². The van der Waals surface area contributed by atoms with Gasteiger partial charge < -0.3 is 4.74 Å². The third-order valence-electron chi connectivity index (χ3n) is 9.42. The van der Waals surface area contributed by atoms with E-state index in [9.17, 15) is 4.79 Å². The number of hydrogen-bond acceptors (Lipinski definition) is 3. The van der Waals surface area contributed by atoms with E-state index in [0.29, 0.717) is 59.9 Å². The summed E-state index contributed by atoms with van der Waals surface area (Å²) in [4.78, 5) is 15.0. The van der Waals surface area contributed by atoms with Gasteiger partial charge in [0.1, 0.15) is 6.10 Å². The van der Waals surface area contributed by atoms with Crippen LogP contribution in [0.25, 0.3) is 10.4 Å². The van der Waals surface area contributed by atoms with Crippen molar-refractivity contribution in [1.82, 2.24) is 0 Å². The fourth-order valence-corrected chi connectivity index (χ4v) is 8.08. The van der Waals surface area contributed by atoms with Crippen LogP contribution in [0.3, 0.4) is 0 Å². The zero-order chi connectivity index (χ0) is 19.0. The van der Waals surface area contributed by atoms with Gasteiger partial charge in [-0.1, -0.05) is 25.9 Å². The average Bonchev–Trinajstić information content (AvgIpc) is 3.35. The summed E-state index contributed by atoms with van der Waals surface area (Å²) in [5.74, 6) is 3.39. The van der Waals surface area contributed by atoms with Crippen molar-refractivity contribution in [3.8, 4) is 0 Å². The molecule has 0 aromatic rings. The number of carbonyl (C=O) groups is 1. The van der Waals surface area contributed by atoms with Crippen LogP contribution >= 0.6 is 0 Å². The van der Waals surface area contributed by atoms with Crippen molar-refractivity contribution in [3.05, 3.63) is 22.1 Å². The van der Waals surface area contributed by atoms with E-state index in [4.69, 9.17) is 10.3 Å². The Kier molecular flexibility index (Phi) is 3.84. The molecule has 4 fully saturated rings. The van der Waals surface area contributed by atoms with Gasteiger partial charge in [0, 0.05) is 17.9 Å². The van der Waals surface area contributed by atoms with Crippen LogP contribution in [0.2, 0.25) is 0 Å². The Labute approximate surface area is 161 Å². The molecule has 0 bridgehead atoms. The van der Waals surface area contributed by atoms with E-state index in [1.54, 1.807) is 0 Å². The highest BCUT2D eigenvalue weighted by Gasteiger charge is 2.69. The minimum absolute atomic E-state index is 0.159. The van der Waals surface area contributed by atoms with Gasteiger partial charge in [-0.25, -0.2) is 0 Å². The van der Waals surface area contributed by atoms with E-state index in [0.717, 1.165) is 6.42 Å². The molecule has 1 heterocycles. The van der Waals surface area contributed by atoms with Crippen LogP contribution < -0.4 is 0 Å². The first kappa shape index (κ1) is 17.8. The molecule has 5 aliphatic rings. The van der Waals surface area contributed by atoms with Crippen molar-refractivity contribution in [1.29, 1.82) is 0 Å². The molecule has 0 spiro atoms. The molecule has 1 aliphatic heterocycles. The highest BCUT2D eigenvalue weighted by atomic mass is 16.6. The summed E-state index contributed by atoms with van der Waals surface area (Å²) < 4.78 is 6.26. The molecule has 3 saturated carbocycles. The molecule has 5 rings (SSSR count). The Morgan fingerprint density at radius 1 is 1.30 bits per heavy atom. The Hall–Kier alpha value is -1.32. The number of carbonyl (C=O) groups excluding carboxylic acids is 1. The molecule has 0 radical (unpaired) electrons. The monoisotopic (exact) mass is 369 g/mol. The fraction of sp³-hybridized carbons (Fsp3) is 0.864. The van der Waals surface area contributed by atoms with Gasteiger partial charge >= 0.3 is 0 Å². The molecule has 5 heteroatoms. The molecular weight excluding hydrogens is 338 g/mol. The van der Waals surface area contributed by atoms with Gasteiger partial charge in [-0.15, -0.1) is 0 Å². The molecule has 0 amide bonds. The lowest BCUT2D eigenvalue weighted by Crippen LogP contribution is -2.53. The minimum Gasteiger partial charge on any atom is -0.365 e. The number of rotatable bonds is 3. The number of ether oxygens (including phenoxy) is 1. The van der Waals surface area contributed by atoms with Crippen LogP contribution in [-0.2, 0) is 9.53 Å². The number of nitrogens with zero attached hydrogens (tertiary/aromatic N) is 3. The SMILES string of the molecule is C[C@H](CN=[N+]=[N-])[C@H]1CCC2C3C(CC[C@@]21C)[C@@]1(C)CCC(=O)C=C1[C@@H]1O[C@H]31. The summed E-state index contributed by atoms with van der Waals surface area (Å²) in [7, 11) is 0. The summed E-state index contributed by atoms with van der Waals surface area (Å²) in [6.07, 6.45) is 9.25. The largest absolute Gasteiger partial charge is 0.365 e. The Balaban J connectivity index is 1.46. The van der Waals surface area contributed by atoms with Crippen molar-refractivity contribution in [2.24, 2.45) is 45.5 Å². The van der Waals surface area contributed by atoms with Crippen molar-refractivity contribution < 1.29 is 9.53 Å². The number of azide groups is 1. The minimum atomic E-state index is 0.159. The maximum Gasteiger partial charge on any atom is 0.155 e. The van der Waals surface area contributed by atoms with Crippen molar-refractivity contribution in [3.63, 3.8) is 0 Å². The predicted molar refractivity (Wildman–Crippen MR) is 103 cm³/mol. The smallest absolute Gasteiger partial charge is 0.155 e. The molecule has 146 valence electrons. The molecule has 0 aromatic carbocycles. The zero-order valence-electron chi connectivity index (χ0n) is 16.7. The van der Waals surface area contributed by atoms with Crippen LogP contribution in [-0.4, -0.2) is 24.5 Å². The van der Waals surface area contributed by atoms with E-state index >= 15 is 0 Å². The van der Waals surface area contributed by atoms with Crippen LogP contribution in [0.4, 0.5) is 0 Å². The lowest BCUT2D eigenvalue weighted by molar-refractivity contribution is -0.117. The van der Waals surface area contributed by atoms with Crippen molar-refractivity contribution in [2.45, 2.75) is 71.5 Å². The second-order valence-corrected chi connectivity index (χ2v) is 10.4. The van der Waals surface area contributed by atoms with E-state index < -0.39 is 0 Å². The summed E-state index contributed by atoms with van der Waals surface area (Å²) in [5.41, 5.74) is 10.5. The number of epoxide rings is 1. The van der Waals surface area contributed by atoms with Gasteiger partial charge in [0.2, 0.25) is 0 Å². The lowest BCUT2D eigenvalue weighted by Gasteiger charge is -2.57. The van der Waals surface area contributed by atoms with Crippen LogP contribution in [0.15, 0.2) is 16.8 Å². The van der Waals surface area contributed by atoms with Gasteiger partial charge in [0.25, 0.3) is 0 Å². The molecule has 9 atom stereocenters. The second kappa shape index (κ2) is 5.84. The van der Waals surface area contributed by atoms with Gasteiger partial charge in [-0.2, -0.15) is 0 Å². The first-order chi connectivity index (χ1) is 12.9. The van der Waals surface area contributed by atoms with Crippen molar-refractivity contribution in [2.75, 3.05) is 6.54 Å². The van der Waals surface area contributed by atoms with E-state index in [2.05, 4.69) is 30.8 Å². The summed E-state index contributed by atoms with van der Waals surface area (Å²) in [5, 5.41) is 3.88. The first-order valence-corrected chi connectivity index (χ1v) is 10.8. The first-order valence-electron chi connectivity index (χ1n) is 10.8. The number of hydrogen-bond donors (Lipinski definition) is 0. The second-order valence-electron chi connectivity index (χ2n) is 10.4. The third-order valence-corrected chi connectivity index (χ3v) is 9.42. The summed E-state index contributed by atoms with van der Waals surface area (Å²) in [6.45, 7) is 7.81. The maximum atomic E-state index is 12.1. The van der Waals surface area contributed by atoms with Crippen LogP contribution in [0.1, 0.15) is 59.3 Å². The van der Waals surface area contributed by atoms with Gasteiger partial charge in [-0.05, 0) is 89.7 Å². The van der Waals surface area contributed by atoms with E-state index in [-0.39, 0.29) is 11.5 Å². The quantitative estimate of drug-likeness (QED) is 0.301. The predicted octanol–water partition coefficient (Wildman–Crippen LogP) is 5.07. The topological polar surface area (TPSA) is 78.4 Å². The van der Waals surface area contributed by atoms with Gasteiger partial charge in [0.15, 0.2) is 5.78 Å². The van der Waals surface area contributed by atoms with Crippen LogP contribution in [0, 0.1) is 40.4 Å². The molecular formula is C22H31N3O2. The molecule has 3 unspecified atom stereocenters. The van der Waals surface area contributed by atoms with Gasteiger partial charge in [0.05, 0.1) is 6.10 Å². The van der Waals surface area contributed by atoms with Crippen molar-refractivity contribution >= 4 is 5.78 Å². The summed E-state index contributed by atoms with van der Waals surface area (Å²) in [6, 6.07) is 0. The highest BCUT2D eigenvalue weighted by molar-refractivity contribution is 5.92.